The van der Waals surface area contributed by atoms with E-state index < -0.39 is 10.1 Å². The topological polar surface area (TPSA) is 114 Å². The first-order chi connectivity index (χ1) is 18.7. The standard InChI is InChI=1S/C28H37N7O3S/c1-6-39(37,7-2)33-21-10-11-23-25(15-21)35-17-18(3)9-8-12-38-27-22(16-29-34(27)5)24-14-20(13-19(4)30-24)26(36)32-28(35)31-23/h10-11,13-16,18,39H,6-9,12,17H2,1-5H3,(H,33,37)(H,31,32,36). The number of aliphatic imine (C=N–C) groups is 1. The van der Waals surface area contributed by atoms with E-state index in [2.05, 4.69) is 36.9 Å². The highest BCUT2D eigenvalue weighted by atomic mass is 32.3. The minimum Gasteiger partial charge on any atom is -0.477 e. The Balaban J connectivity index is 1.55. The van der Waals surface area contributed by atoms with Crippen molar-refractivity contribution in [3.8, 4) is 17.1 Å². The van der Waals surface area contributed by atoms with Crippen LogP contribution in [0.25, 0.3) is 11.3 Å². The van der Waals surface area contributed by atoms with Crippen LogP contribution in [0.15, 0.2) is 41.5 Å². The fourth-order valence-corrected chi connectivity index (χ4v) is 6.36. The van der Waals surface area contributed by atoms with Gasteiger partial charge in [0.1, 0.15) is 0 Å². The Morgan fingerprint density at radius 3 is 2.77 bits per heavy atom. The lowest BCUT2D eigenvalue weighted by Crippen LogP contribution is -2.35. The van der Waals surface area contributed by atoms with Gasteiger partial charge in [-0.3, -0.25) is 14.0 Å². The molecule has 0 aliphatic carbocycles. The Labute approximate surface area is 230 Å². The van der Waals surface area contributed by atoms with Crippen LogP contribution in [0.1, 0.15) is 49.7 Å². The third-order valence-corrected chi connectivity index (χ3v) is 10.00. The minimum atomic E-state index is -2.50. The predicted octanol–water partition coefficient (Wildman–Crippen LogP) is 4.41. The van der Waals surface area contributed by atoms with E-state index in [1.165, 1.54) is 0 Å². The molecule has 2 aliphatic heterocycles. The molecular weight excluding hydrogens is 514 g/mol. The van der Waals surface area contributed by atoms with Gasteiger partial charge < -0.3 is 19.7 Å². The van der Waals surface area contributed by atoms with Gasteiger partial charge in [-0.15, -0.1) is 0 Å². The molecule has 1 amide bonds. The van der Waals surface area contributed by atoms with E-state index in [-0.39, 0.29) is 11.8 Å². The fourth-order valence-electron chi connectivity index (χ4n) is 4.99. The van der Waals surface area contributed by atoms with Gasteiger partial charge in [0.25, 0.3) is 5.91 Å². The Hall–Kier alpha value is -3.73. The maximum absolute atomic E-state index is 13.5. The molecule has 2 aliphatic rings. The summed E-state index contributed by atoms with van der Waals surface area (Å²) in [6, 6.07) is 9.35. The molecule has 208 valence electrons. The van der Waals surface area contributed by atoms with Crippen LogP contribution in [0.3, 0.4) is 0 Å². The van der Waals surface area contributed by atoms with Crippen molar-refractivity contribution in [3.63, 3.8) is 0 Å². The van der Waals surface area contributed by atoms with Crippen molar-refractivity contribution in [1.82, 2.24) is 14.8 Å². The summed E-state index contributed by atoms with van der Waals surface area (Å²) >= 11 is 0. The number of rotatable bonds is 4. The number of benzene rings is 1. The second-order valence-corrected chi connectivity index (χ2v) is 13.6. The molecule has 0 spiro atoms. The van der Waals surface area contributed by atoms with E-state index in [0.717, 1.165) is 35.5 Å². The molecule has 11 heteroatoms. The Morgan fingerprint density at radius 1 is 1.21 bits per heavy atom. The Kier molecular flexibility index (Phi) is 7.44. The van der Waals surface area contributed by atoms with Gasteiger partial charge >= 0.3 is 0 Å². The number of fused-ring (bicyclic) bond motifs is 7. The summed E-state index contributed by atoms with van der Waals surface area (Å²) in [5.41, 5.74) is 5.07. The molecular formula is C28H37N7O3S. The van der Waals surface area contributed by atoms with Crippen LogP contribution < -0.4 is 19.7 Å². The summed E-state index contributed by atoms with van der Waals surface area (Å²) in [5.74, 6) is 2.20. The zero-order chi connectivity index (χ0) is 27.7. The largest absolute Gasteiger partial charge is 0.477 e. The first kappa shape index (κ1) is 26.9. The first-order valence-electron chi connectivity index (χ1n) is 13.5. The zero-order valence-electron chi connectivity index (χ0n) is 23.2. The molecule has 10 nitrogen and oxygen atoms in total. The van der Waals surface area contributed by atoms with E-state index in [1.54, 1.807) is 23.0 Å². The van der Waals surface area contributed by atoms with Crippen molar-refractivity contribution >= 4 is 39.0 Å². The van der Waals surface area contributed by atoms with Crippen LogP contribution in [-0.4, -0.2) is 55.5 Å². The summed E-state index contributed by atoms with van der Waals surface area (Å²) in [6.07, 6.45) is 3.50. The predicted molar refractivity (Wildman–Crippen MR) is 158 cm³/mol. The van der Waals surface area contributed by atoms with Crippen LogP contribution in [0.4, 0.5) is 17.1 Å². The van der Waals surface area contributed by atoms with Crippen molar-refractivity contribution in [2.45, 2.75) is 40.5 Å². The molecule has 2 bridgehead atoms. The SMILES string of the molecule is CC[SH](=O)(CC)Nc1ccc2c(c1)N1CC(C)CCCOc3c(cnn3C)-c3cc(cc(C)n3)C(=O)/N=C/1N2. The molecule has 0 fully saturated rings. The van der Waals surface area contributed by atoms with Gasteiger partial charge in [0.2, 0.25) is 11.8 Å². The highest BCUT2D eigenvalue weighted by Crippen LogP contribution is 2.37. The molecule has 3 aromatic rings. The molecule has 0 saturated heterocycles. The van der Waals surface area contributed by atoms with Gasteiger partial charge in [0, 0.05) is 42.0 Å². The van der Waals surface area contributed by atoms with Crippen molar-refractivity contribution in [2.24, 2.45) is 18.0 Å². The van der Waals surface area contributed by atoms with Crippen LogP contribution in [0.2, 0.25) is 0 Å². The van der Waals surface area contributed by atoms with Gasteiger partial charge in [-0.25, -0.2) is 4.68 Å². The fraction of sp³-hybridized carbons (Fsp3) is 0.429. The maximum atomic E-state index is 13.5. The molecule has 1 aromatic carbocycles. The third kappa shape index (κ3) is 5.54. The smallest absolute Gasteiger partial charge is 0.280 e. The minimum absolute atomic E-state index is 0.289. The Morgan fingerprint density at radius 2 is 2.00 bits per heavy atom. The lowest BCUT2D eigenvalue weighted by molar-refractivity contribution is 0.100. The number of carbonyl (C=O) groups excluding carboxylic acids is 1. The van der Waals surface area contributed by atoms with E-state index in [9.17, 15) is 9.00 Å². The number of carbonyl (C=O) groups is 1. The highest BCUT2D eigenvalue weighted by molar-refractivity contribution is 8.04. The second-order valence-electron chi connectivity index (χ2n) is 10.3. The molecule has 39 heavy (non-hydrogen) atoms. The van der Waals surface area contributed by atoms with Crippen molar-refractivity contribution in [3.05, 3.63) is 47.8 Å². The van der Waals surface area contributed by atoms with Crippen LogP contribution in [0.5, 0.6) is 5.88 Å². The number of pyridine rings is 1. The normalized spacial score (nSPS) is 19.3. The number of anilines is 3. The number of nitrogens with one attached hydrogen (secondary N) is 2. The van der Waals surface area contributed by atoms with Gasteiger partial charge in [-0.1, -0.05) is 20.8 Å². The number of aromatic nitrogens is 3. The van der Waals surface area contributed by atoms with Crippen LogP contribution >= 0.6 is 0 Å². The molecule has 2 N–H and O–H groups in total. The van der Waals surface area contributed by atoms with Crippen molar-refractivity contribution in [1.29, 1.82) is 0 Å². The number of hydrogen-bond acceptors (Lipinski definition) is 7. The van der Waals surface area contributed by atoms with Crippen LogP contribution in [-0.2, 0) is 17.2 Å². The lowest BCUT2D eigenvalue weighted by Gasteiger charge is -2.25. The van der Waals surface area contributed by atoms with Crippen molar-refractivity contribution < 1.29 is 13.7 Å². The van der Waals surface area contributed by atoms with E-state index in [4.69, 9.17) is 4.74 Å². The first-order valence-corrected chi connectivity index (χ1v) is 15.6. The number of hydrogen-bond donors (Lipinski definition) is 3. The van der Waals surface area contributed by atoms with E-state index in [1.807, 2.05) is 46.0 Å². The number of aryl methyl sites for hydroxylation is 2. The summed E-state index contributed by atoms with van der Waals surface area (Å²) in [7, 11) is -0.660. The Bertz CT molecular complexity index is 1470. The quantitative estimate of drug-likeness (QED) is 0.412. The van der Waals surface area contributed by atoms with E-state index >= 15 is 0 Å². The van der Waals surface area contributed by atoms with Gasteiger partial charge in [-0.2, -0.15) is 10.1 Å². The summed E-state index contributed by atoms with van der Waals surface area (Å²) < 4.78 is 24.2. The molecule has 1 unspecified atom stereocenters. The maximum Gasteiger partial charge on any atom is 0.280 e. The highest BCUT2D eigenvalue weighted by Gasteiger charge is 2.29. The third-order valence-electron chi connectivity index (χ3n) is 7.29. The molecule has 2 aromatic heterocycles. The number of thiol groups is 1. The summed E-state index contributed by atoms with van der Waals surface area (Å²) in [5, 5.41) is 7.71. The van der Waals surface area contributed by atoms with E-state index in [0.29, 0.717) is 53.4 Å². The average Bonchev–Trinajstić information content (AvgIpc) is 3.45. The summed E-state index contributed by atoms with van der Waals surface area (Å²) in [4.78, 5) is 24.8. The molecule has 0 radical (unpaired) electrons. The molecule has 4 heterocycles. The average molecular weight is 552 g/mol. The van der Waals surface area contributed by atoms with Gasteiger partial charge in [0.05, 0.1) is 35.4 Å². The number of amides is 1. The number of ether oxygens (including phenoxy) is 1. The van der Waals surface area contributed by atoms with Crippen LogP contribution in [0, 0.1) is 12.8 Å². The van der Waals surface area contributed by atoms with Crippen molar-refractivity contribution in [2.75, 3.05) is 39.6 Å². The molecule has 0 saturated carbocycles. The monoisotopic (exact) mass is 551 g/mol. The van der Waals surface area contributed by atoms with Gasteiger partial charge in [-0.05, 0) is 66.1 Å². The number of nitrogens with zero attached hydrogens (tertiary/aromatic N) is 5. The second kappa shape index (κ2) is 10.8. The molecule has 5 rings (SSSR count). The van der Waals surface area contributed by atoms with Gasteiger partial charge in [0.15, 0.2) is 0 Å². The lowest BCUT2D eigenvalue weighted by atomic mass is 10.1. The zero-order valence-corrected chi connectivity index (χ0v) is 24.1. The molecule has 1 atom stereocenters. The number of guanidine groups is 1. The summed E-state index contributed by atoms with van der Waals surface area (Å²) in [6.45, 7) is 9.13.